The average molecular weight is 260 g/mol. The van der Waals surface area contributed by atoms with Crippen molar-refractivity contribution in [3.05, 3.63) is 11.7 Å². The van der Waals surface area contributed by atoms with E-state index in [0.717, 1.165) is 19.1 Å². The summed E-state index contributed by atoms with van der Waals surface area (Å²) in [6.07, 6.45) is 3.03. The fourth-order valence-corrected chi connectivity index (χ4v) is 2.01. The van der Waals surface area contributed by atoms with Crippen LogP contribution in [-0.4, -0.2) is 36.0 Å². The molecule has 1 aliphatic rings. The summed E-state index contributed by atoms with van der Waals surface area (Å²) in [5.74, 6) is 0.790. The van der Waals surface area contributed by atoms with Gasteiger partial charge >= 0.3 is 0 Å². The molecule has 0 saturated heterocycles. The van der Waals surface area contributed by atoms with Crippen molar-refractivity contribution in [3.8, 4) is 0 Å². The van der Waals surface area contributed by atoms with Crippen molar-refractivity contribution in [2.75, 3.05) is 6.26 Å². The normalized spacial score (nSPS) is 20.2. The van der Waals surface area contributed by atoms with Crippen molar-refractivity contribution in [1.82, 2.24) is 10.1 Å². The van der Waals surface area contributed by atoms with E-state index in [-0.39, 0.29) is 5.82 Å². The van der Waals surface area contributed by atoms with Crippen molar-refractivity contribution in [1.29, 1.82) is 0 Å². The van der Waals surface area contributed by atoms with Gasteiger partial charge in [0.25, 0.3) is 0 Å². The number of aliphatic hydroxyl groups excluding tert-OH is 1. The second-order valence-corrected chi connectivity index (χ2v) is 6.99. The molecule has 96 valence electrons. The Morgan fingerprint density at radius 1 is 1.53 bits per heavy atom. The summed E-state index contributed by atoms with van der Waals surface area (Å²) < 4.78 is 27.6. The van der Waals surface area contributed by atoms with Gasteiger partial charge in [0, 0.05) is 6.26 Å². The highest BCUT2D eigenvalue weighted by atomic mass is 32.2. The molecule has 1 fully saturated rings. The van der Waals surface area contributed by atoms with Crippen molar-refractivity contribution in [2.24, 2.45) is 5.92 Å². The van der Waals surface area contributed by atoms with E-state index in [4.69, 9.17) is 4.52 Å². The van der Waals surface area contributed by atoms with E-state index in [9.17, 15) is 13.5 Å². The molecule has 17 heavy (non-hydrogen) atoms. The van der Waals surface area contributed by atoms with Gasteiger partial charge in [-0.1, -0.05) is 5.16 Å². The van der Waals surface area contributed by atoms with E-state index in [1.807, 2.05) is 0 Å². The van der Waals surface area contributed by atoms with Gasteiger partial charge in [0.1, 0.15) is 5.25 Å². The van der Waals surface area contributed by atoms with Crippen LogP contribution in [0.1, 0.15) is 36.7 Å². The van der Waals surface area contributed by atoms with E-state index in [1.54, 1.807) is 0 Å². The summed E-state index contributed by atoms with van der Waals surface area (Å²) in [6, 6.07) is 0. The fraction of sp³-hybridized carbons (Fsp3) is 0.800. The van der Waals surface area contributed by atoms with Crippen molar-refractivity contribution in [3.63, 3.8) is 0 Å². The number of nitrogens with zero attached hydrogens (tertiary/aromatic N) is 2. The highest BCUT2D eigenvalue weighted by molar-refractivity contribution is 7.90. The Morgan fingerprint density at radius 2 is 2.18 bits per heavy atom. The maximum absolute atomic E-state index is 11.3. The Balaban J connectivity index is 2.05. The second kappa shape index (κ2) is 4.38. The van der Waals surface area contributed by atoms with Crippen LogP contribution in [0.5, 0.6) is 0 Å². The van der Waals surface area contributed by atoms with E-state index in [2.05, 4.69) is 10.1 Å². The summed E-state index contributed by atoms with van der Waals surface area (Å²) in [7, 11) is -3.22. The van der Waals surface area contributed by atoms with Gasteiger partial charge in [-0.3, -0.25) is 0 Å². The molecule has 1 aliphatic carbocycles. The first-order chi connectivity index (χ1) is 7.88. The average Bonchev–Trinajstić information content (AvgIpc) is 2.98. The zero-order chi connectivity index (χ0) is 12.6. The molecule has 2 atom stereocenters. The second-order valence-electron chi connectivity index (χ2n) is 4.63. The van der Waals surface area contributed by atoms with Crippen molar-refractivity contribution < 1.29 is 18.0 Å². The highest BCUT2D eigenvalue weighted by Gasteiger charge is 2.31. The molecule has 1 N–H and O–H groups in total. The van der Waals surface area contributed by atoms with Gasteiger partial charge in [-0.05, 0) is 25.7 Å². The van der Waals surface area contributed by atoms with Gasteiger partial charge in [-0.15, -0.1) is 0 Å². The molecule has 1 aromatic heterocycles. The first kappa shape index (κ1) is 12.5. The Morgan fingerprint density at radius 3 is 2.71 bits per heavy atom. The van der Waals surface area contributed by atoms with Crippen LogP contribution in [-0.2, 0) is 16.3 Å². The monoisotopic (exact) mass is 260 g/mol. The van der Waals surface area contributed by atoms with Gasteiger partial charge in [-0.25, -0.2) is 8.42 Å². The van der Waals surface area contributed by atoms with E-state index in [1.165, 1.54) is 6.92 Å². The minimum absolute atomic E-state index is 0.158. The Hall–Kier alpha value is -0.950. The van der Waals surface area contributed by atoms with Crippen LogP contribution in [0.25, 0.3) is 0 Å². The van der Waals surface area contributed by atoms with Crippen LogP contribution in [0.3, 0.4) is 0 Å². The third-order valence-corrected chi connectivity index (χ3v) is 4.53. The summed E-state index contributed by atoms with van der Waals surface area (Å²) >= 11 is 0. The molecule has 6 nitrogen and oxygen atoms in total. The minimum Gasteiger partial charge on any atom is -0.392 e. The number of aliphatic hydroxyl groups is 1. The molecular weight excluding hydrogens is 244 g/mol. The van der Waals surface area contributed by atoms with Crippen LogP contribution < -0.4 is 0 Å². The number of aromatic nitrogens is 2. The maximum Gasteiger partial charge on any atom is 0.229 e. The largest absolute Gasteiger partial charge is 0.392 e. The summed E-state index contributed by atoms with van der Waals surface area (Å²) in [5.41, 5.74) is 0. The van der Waals surface area contributed by atoms with Crippen LogP contribution in [0, 0.1) is 5.92 Å². The predicted octanol–water partition coefficient (Wildman–Crippen LogP) is 0.489. The molecule has 2 rings (SSSR count). The molecule has 1 aromatic rings. The summed E-state index contributed by atoms with van der Waals surface area (Å²) in [6.45, 7) is 1.52. The van der Waals surface area contributed by atoms with E-state index in [0.29, 0.717) is 18.2 Å². The van der Waals surface area contributed by atoms with Crippen LogP contribution in [0.4, 0.5) is 0 Å². The lowest BCUT2D eigenvalue weighted by molar-refractivity contribution is 0.140. The SMILES string of the molecule is CC(c1noc(CC(O)C2CC2)n1)S(C)(=O)=O. The summed E-state index contributed by atoms with van der Waals surface area (Å²) in [4.78, 5) is 4.01. The lowest BCUT2D eigenvalue weighted by Gasteiger charge is -2.04. The molecule has 2 unspecified atom stereocenters. The van der Waals surface area contributed by atoms with Crippen LogP contribution in [0.2, 0.25) is 0 Å². The Bertz CT molecular complexity index is 492. The molecule has 0 aliphatic heterocycles. The lowest BCUT2D eigenvalue weighted by atomic mass is 10.2. The molecular formula is C10H16N2O4S. The predicted molar refractivity (Wildman–Crippen MR) is 60.0 cm³/mol. The lowest BCUT2D eigenvalue weighted by Crippen LogP contribution is -2.13. The number of hydrogen-bond acceptors (Lipinski definition) is 6. The fourth-order valence-electron chi connectivity index (χ4n) is 1.53. The van der Waals surface area contributed by atoms with Crippen molar-refractivity contribution in [2.45, 2.75) is 37.5 Å². The van der Waals surface area contributed by atoms with Gasteiger partial charge in [-0.2, -0.15) is 4.98 Å². The van der Waals surface area contributed by atoms with Crippen molar-refractivity contribution >= 4 is 9.84 Å². The van der Waals surface area contributed by atoms with E-state index < -0.39 is 21.2 Å². The zero-order valence-electron chi connectivity index (χ0n) is 9.83. The number of sulfone groups is 1. The van der Waals surface area contributed by atoms with Gasteiger partial charge in [0.05, 0.1) is 12.5 Å². The van der Waals surface area contributed by atoms with Gasteiger partial charge in [0.2, 0.25) is 5.89 Å². The van der Waals surface area contributed by atoms with E-state index >= 15 is 0 Å². The minimum atomic E-state index is -3.22. The number of rotatable bonds is 5. The summed E-state index contributed by atoms with van der Waals surface area (Å²) in [5, 5.41) is 12.6. The Labute approximate surface area is 99.9 Å². The molecule has 1 heterocycles. The zero-order valence-corrected chi connectivity index (χ0v) is 10.6. The maximum atomic E-state index is 11.3. The first-order valence-corrected chi connectivity index (χ1v) is 7.53. The molecule has 0 spiro atoms. The molecule has 1 saturated carbocycles. The molecule has 0 bridgehead atoms. The van der Waals surface area contributed by atoms with Gasteiger partial charge in [0.15, 0.2) is 15.7 Å². The standard InChI is InChI=1S/C10H16N2O4S/c1-6(17(2,14)15)10-11-9(16-12-10)5-8(13)7-3-4-7/h6-8,13H,3-5H2,1-2H3. The highest BCUT2D eigenvalue weighted by Crippen LogP contribution is 2.33. The topological polar surface area (TPSA) is 93.3 Å². The van der Waals surface area contributed by atoms with Crippen LogP contribution in [0.15, 0.2) is 4.52 Å². The Kier molecular flexibility index (Phi) is 3.22. The molecule has 0 radical (unpaired) electrons. The van der Waals surface area contributed by atoms with Gasteiger partial charge < -0.3 is 9.63 Å². The third-order valence-electron chi connectivity index (χ3n) is 3.04. The molecule has 0 aromatic carbocycles. The van der Waals surface area contributed by atoms with Crippen LogP contribution >= 0.6 is 0 Å². The third kappa shape index (κ3) is 3.04. The number of hydrogen-bond donors (Lipinski definition) is 1. The smallest absolute Gasteiger partial charge is 0.229 e. The molecule has 0 amide bonds. The quantitative estimate of drug-likeness (QED) is 0.828. The first-order valence-electron chi connectivity index (χ1n) is 5.57. The molecule has 7 heteroatoms.